The zero-order valence-electron chi connectivity index (χ0n) is 12.1. The minimum atomic E-state index is -3.61. The number of rotatable bonds is 5. The first-order valence-corrected chi connectivity index (χ1v) is 8.09. The fourth-order valence-corrected chi connectivity index (χ4v) is 4.27. The Labute approximate surface area is 119 Å². The molecule has 114 valence electrons. The molecule has 2 rings (SSSR count). The van der Waals surface area contributed by atoms with Gasteiger partial charge in [0.05, 0.1) is 12.3 Å². The van der Waals surface area contributed by atoms with Crippen molar-refractivity contribution in [3.63, 3.8) is 0 Å². The van der Waals surface area contributed by atoms with Crippen LogP contribution in [0.25, 0.3) is 0 Å². The SMILES string of the molecule is Cc1[nH]nc(CO)c1S(=O)(=O)N(C)CC1CCN(C)C1. The van der Waals surface area contributed by atoms with Gasteiger partial charge in [0.1, 0.15) is 10.6 Å². The van der Waals surface area contributed by atoms with E-state index >= 15 is 0 Å². The highest BCUT2D eigenvalue weighted by Gasteiger charge is 2.31. The van der Waals surface area contributed by atoms with Crippen LogP contribution in [0.15, 0.2) is 4.90 Å². The number of sulfonamides is 1. The molecule has 0 amide bonds. The van der Waals surface area contributed by atoms with Crippen molar-refractivity contribution in [3.8, 4) is 0 Å². The maximum Gasteiger partial charge on any atom is 0.246 e. The number of hydrogen-bond acceptors (Lipinski definition) is 5. The van der Waals surface area contributed by atoms with Crippen molar-refractivity contribution < 1.29 is 13.5 Å². The van der Waals surface area contributed by atoms with E-state index in [1.54, 1.807) is 14.0 Å². The van der Waals surface area contributed by atoms with Crippen LogP contribution in [0.1, 0.15) is 17.8 Å². The summed E-state index contributed by atoms with van der Waals surface area (Å²) in [5, 5.41) is 15.7. The van der Waals surface area contributed by atoms with Gasteiger partial charge in [-0.15, -0.1) is 0 Å². The minimum absolute atomic E-state index is 0.105. The lowest BCUT2D eigenvalue weighted by molar-refractivity contribution is 0.273. The molecule has 0 aromatic carbocycles. The van der Waals surface area contributed by atoms with Crippen LogP contribution in [0, 0.1) is 12.8 Å². The summed E-state index contributed by atoms with van der Waals surface area (Å²) in [6, 6.07) is 0. The molecule has 2 heterocycles. The van der Waals surface area contributed by atoms with Crippen LogP contribution in [-0.4, -0.2) is 66.7 Å². The number of aliphatic hydroxyl groups is 1. The number of nitrogens with zero attached hydrogens (tertiary/aromatic N) is 3. The molecule has 1 aromatic heterocycles. The average molecular weight is 302 g/mol. The molecule has 0 aliphatic carbocycles. The number of likely N-dealkylation sites (tertiary alicyclic amines) is 1. The fourth-order valence-electron chi connectivity index (χ4n) is 2.71. The first-order valence-electron chi connectivity index (χ1n) is 6.65. The highest BCUT2D eigenvalue weighted by Crippen LogP contribution is 2.24. The van der Waals surface area contributed by atoms with Crippen molar-refractivity contribution in [2.24, 2.45) is 5.92 Å². The standard InChI is InChI=1S/C12H22N4O3S/c1-9-12(11(8-17)14-13-9)20(18,19)16(3)7-10-4-5-15(2)6-10/h10,17H,4-8H2,1-3H3,(H,13,14). The summed E-state index contributed by atoms with van der Waals surface area (Å²) < 4.78 is 26.6. The topological polar surface area (TPSA) is 89.5 Å². The van der Waals surface area contributed by atoms with E-state index < -0.39 is 10.0 Å². The van der Waals surface area contributed by atoms with Gasteiger partial charge in [-0.1, -0.05) is 0 Å². The Kier molecular flexibility index (Phi) is 4.48. The number of H-pyrrole nitrogens is 1. The first-order chi connectivity index (χ1) is 9.36. The van der Waals surface area contributed by atoms with E-state index in [-0.39, 0.29) is 17.2 Å². The molecule has 1 fully saturated rings. The lowest BCUT2D eigenvalue weighted by Gasteiger charge is -2.21. The molecule has 20 heavy (non-hydrogen) atoms. The van der Waals surface area contributed by atoms with E-state index in [2.05, 4.69) is 15.1 Å². The van der Waals surface area contributed by atoms with Crippen molar-refractivity contribution in [1.82, 2.24) is 19.4 Å². The van der Waals surface area contributed by atoms with E-state index in [0.717, 1.165) is 19.5 Å². The summed E-state index contributed by atoms with van der Waals surface area (Å²) in [6.07, 6.45) is 1.01. The second-order valence-corrected chi connectivity index (χ2v) is 7.47. The van der Waals surface area contributed by atoms with Crippen molar-refractivity contribution >= 4 is 10.0 Å². The van der Waals surface area contributed by atoms with Gasteiger partial charge in [-0.2, -0.15) is 5.10 Å². The number of hydrogen-bond donors (Lipinski definition) is 2. The van der Waals surface area contributed by atoms with Gasteiger partial charge in [0.15, 0.2) is 0 Å². The van der Waals surface area contributed by atoms with Gasteiger partial charge in [-0.3, -0.25) is 5.10 Å². The van der Waals surface area contributed by atoms with Gasteiger partial charge >= 0.3 is 0 Å². The maximum atomic E-state index is 12.6. The van der Waals surface area contributed by atoms with E-state index in [1.165, 1.54) is 4.31 Å². The van der Waals surface area contributed by atoms with E-state index in [9.17, 15) is 13.5 Å². The third-order valence-electron chi connectivity index (χ3n) is 3.78. The summed E-state index contributed by atoms with van der Waals surface area (Å²) >= 11 is 0. The van der Waals surface area contributed by atoms with Gasteiger partial charge in [-0.25, -0.2) is 12.7 Å². The number of aromatic nitrogens is 2. The van der Waals surface area contributed by atoms with Crippen LogP contribution < -0.4 is 0 Å². The van der Waals surface area contributed by atoms with E-state index in [4.69, 9.17) is 0 Å². The molecule has 0 bridgehead atoms. The fraction of sp³-hybridized carbons (Fsp3) is 0.750. The summed E-state index contributed by atoms with van der Waals surface area (Å²) in [5.41, 5.74) is 0.641. The van der Waals surface area contributed by atoms with Gasteiger partial charge in [0, 0.05) is 20.1 Å². The van der Waals surface area contributed by atoms with Gasteiger partial charge < -0.3 is 10.0 Å². The molecule has 7 nitrogen and oxygen atoms in total. The minimum Gasteiger partial charge on any atom is -0.390 e. The summed E-state index contributed by atoms with van der Waals surface area (Å²) in [4.78, 5) is 2.31. The van der Waals surface area contributed by atoms with Crippen LogP contribution in [0.5, 0.6) is 0 Å². The van der Waals surface area contributed by atoms with Crippen molar-refractivity contribution in [2.75, 3.05) is 33.7 Å². The number of aromatic amines is 1. The van der Waals surface area contributed by atoms with Crippen LogP contribution in [0.3, 0.4) is 0 Å². The van der Waals surface area contributed by atoms with E-state index in [1.807, 2.05) is 7.05 Å². The van der Waals surface area contributed by atoms with Crippen LogP contribution in [0.2, 0.25) is 0 Å². The molecular formula is C12H22N4O3S. The molecule has 1 aromatic rings. The predicted molar refractivity (Wildman–Crippen MR) is 74.7 cm³/mol. The molecule has 2 N–H and O–H groups in total. The Bertz CT molecular complexity index is 569. The number of aryl methyl sites for hydroxylation is 1. The normalized spacial score (nSPS) is 20.9. The monoisotopic (exact) mass is 302 g/mol. The Balaban J connectivity index is 2.19. The molecule has 0 radical (unpaired) electrons. The molecule has 0 spiro atoms. The summed E-state index contributed by atoms with van der Waals surface area (Å²) in [6.45, 7) is 3.67. The highest BCUT2D eigenvalue weighted by atomic mass is 32.2. The Morgan fingerprint density at radius 2 is 2.25 bits per heavy atom. The molecule has 1 unspecified atom stereocenters. The largest absolute Gasteiger partial charge is 0.390 e. The molecule has 1 aliphatic heterocycles. The number of nitrogens with one attached hydrogen (secondary N) is 1. The zero-order chi connectivity index (χ0) is 14.9. The van der Waals surface area contributed by atoms with Gasteiger partial charge in [0.2, 0.25) is 10.0 Å². The molecular weight excluding hydrogens is 280 g/mol. The second-order valence-electron chi connectivity index (χ2n) is 5.49. The van der Waals surface area contributed by atoms with Gasteiger partial charge in [0.25, 0.3) is 0 Å². The zero-order valence-corrected chi connectivity index (χ0v) is 12.9. The second kappa shape index (κ2) is 5.80. The third-order valence-corrected chi connectivity index (χ3v) is 5.81. The predicted octanol–water partition coefficient (Wildman–Crippen LogP) is -0.217. The first kappa shape index (κ1) is 15.4. The maximum absolute atomic E-state index is 12.6. The van der Waals surface area contributed by atoms with Crippen LogP contribution >= 0.6 is 0 Å². The Hall–Kier alpha value is -0.960. The lowest BCUT2D eigenvalue weighted by atomic mass is 10.1. The smallest absolute Gasteiger partial charge is 0.246 e. The lowest BCUT2D eigenvalue weighted by Crippen LogP contribution is -2.33. The van der Waals surface area contributed by atoms with Crippen molar-refractivity contribution in [3.05, 3.63) is 11.4 Å². The summed E-state index contributed by atoms with van der Waals surface area (Å²) in [7, 11) is 0.0119. The average Bonchev–Trinajstić information content (AvgIpc) is 2.95. The summed E-state index contributed by atoms with van der Waals surface area (Å²) in [5.74, 6) is 0.351. The van der Waals surface area contributed by atoms with E-state index in [0.29, 0.717) is 18.2 Å². The van der Waals surface area contributed by atoms with Crippen molar-refractivity contribution in [2.45, 2.75) is 24.8 Å². The highest BCUT2D eigenvalue weighted by molar-refractivity contribution is 7.89. The molecule has 8 heteroatoms. The molecule has 0 saturated carbocycles. The third kappa shape index (κ3) is 2.88. The number of aliphatic hydroxyl groups excluding tert-OH is 1. The molecule has 1 saturated heterocycles. The Morgan fingerprint density at radius 1 is 1.55 bits per heavy atom. The van der Waals surface area contributed by atoms with Gasteiger partial charge in [-0.05, 0) is 32.9 Å². The van der Waals surface area contributed by atoms with Crippen LogP contribution in [-0.2, 0) is 16.6 Å². The van der Waals surface area contributed by atoms with Crippen molar-refractivity contribution in [1.29, 1.82) is 0 Å². The van der Waals surface area contributed by atoms with Crippen LogP contribution in [0.4, 0.5) is 0 Å². The quantitative estimate of drug-likeness (QED) is 0.785. The Morgan fingerprint density at radius 3 is 2.80 bits per heavy atom. The molecule has 1 atom stereocenters. The molecule has 1 aliphatic rings.